The van der Waals surface area contributed by atoms with Crippen LogP contribution in [0.4, 0.5) is 0 Å². The van der Waals surface area contributed by atoms with Crippen LogP contribution in [0.5, 0.6) is 0 Å². The zero-order chi connectivity index (χ0) is 11.0. The smallest absolute Gasteiger partial charge is 0.196 e. The molecule has 14 heavy (non-hydrogen) atoms. The lowest BCUT2D eigenvalue weighted by Crippen LogP contribution is -2.00. The number of carbonyl (C=O) groups is 3. The van der Waals surface area contributed by atoms with Gasteiger partial charge in [0.05, 0.1) is 6.42 Å². The highest BCUT2D eigenvalue weighted by Crippen LogP contribution is 2.10. The molecule has 0 aromatic rings. The summed E-state index contributed by atoms with van der Waals surface area (Å²) >= 11 is 1.19. The summed E-state index contributed by atoms with van der Waals surface area (Å²) in [6.45, 7) is 2.97. The molecule has 0 amide bonds. The van der Waals surface area contributed by atoms with Crippen molar-refractivity contribution in [2.75, 3.05) is 5.75 Å². The summed E-state index contributed by atoms with van der Waals surface area (Å²) in [4.78, 5) is 32.1. The molecule has 0 aliphatic rings. The van der Waals surface area contributed by atoms with Crippen molar-refractivity contribution < 1.29 is 14.4 Å². The molecular weight excluding hydrogens is 200 g/mol. The van der Waals surface area contributed by atoms with E-state index < -0.39 is 0 Å². The first-order valence-electron chi connectivity index (χ1n) is 4.67. The lowest BCUT2D eigenvalue weighted by atomic mass is 10.2. The Labute approximate surface area is 88.6 Å². The van der Waals surface area contributed by atoms with E-state index in [4.69, 9.17) is 0 Å². The molecule has 80 valence electrons. The number of unbranched alkanes of at least 4 members (excludes halogenated alkanes) is 1. The predicted octanol–water partition coefficient (Wildman–Crippen LogP) is 1.98. The van der Waals surface area contributed by atoms with E-state index >= 15 is 0 Å². The molecule has 0 atom stereocenters. The van der Waals surface area contributed by atoms with Gasteiger partial charge in [0.2, 0.25) is 0 Å². The molecule has 0 aliphatic carbocycles. The first-order valence-corrected chi connectivity index (χ1v) is 5.65. The Morgan fingerprint density at radius 1 is 1.00 bits per heavy atom. The number of hydrogen-bond acceptors (Lipinski definition) is 4. The van der Waals surface area contributed by atoms with E-state index in [9.17, 15) is 14.4 Å². The lowest BCUT2D eigenvalue weighted by Gasteiger charge is -1.98. The molecule has 0 fully saturated rings. The molecule has 0 unspecified atom stereocenters. The summed E-state index contributed by atoms with van der Waals surface area (Å²) in [6.07, 6.45) is 2.29. The van der Waals surface area contributed by atoms with Crippen LogP contribution in [0.1, 0.15) is 39.5 Å². The van der Waals surface area contributed by atoms with Crippen molar-refractivity contribution in [3.63, 3.8) is 0 Å². The van der Waals surface area contributed by atoms with Crippen LogP contribution >= 0.6 is 11.8 Å². The average molecular weight is 216 g/mol. The Morgan fingerprint density at radius 2 is 1.64 bits per heavy atom. The number of carbonyl (C=O) groups excluding carboxylic acids is 3. The fourth-order valence-electron chi connectivity index (χ4n) is 0.916. The molecule has 0 heterocycles. The van der Waals surface area contributed by atoms with Crippen molar-refractivity contribution in [2.45, 2.75) is 39.5 Å². The minimum atomic E-state index is -0.0914. The molecule has 0 aromatic heterocycles. The fraction of sp³-hybridized carbons (Fsp3) is 0.700. The van der Waals surface area contributed by atoms with Crippen molar-refractivity contribution >= 4 is 28.4 Å². The predicted molar refractivity (Wildman–Crippen MR) is 57.3 cm³/mol. The molecule has 0 N–H and O–H groups in total. The third-order valence-electron chi connectivity index (χ3n) is 1.58. The molecule has 4 heteroatoms. The lowest BCUT2D eigenvalue weighted by molar-refractivity contribution is -0.121. The van der Waals surface area contributed by atoms with E-state index in [0.29, 0.717) is 12.2 Å². The summed E-state index contributed by atoms with van der Waals surface area (Å²) in [7, 11) is 0. The second kappa shape index (κ2) is 7.74. The maximum absolute atomic E-state index is 11.0. The first-order chi connectivity index (χ1) is 6.52. The van der Waals surface area contributed by atoms with E-state index in [0.717, 1.165) is 12.8 Å². The summed E-state index contributed by atoms with van der Waals surface area (Å²) < 4.78 is 0. The number of thioether (sulfide) groups is 1. The Morgan fingerprint density at radius 3 is 2.14 bits per heavy atom. The maximum atomic E-state index is 11.0. The van der Waals surface area contributed by atoms with E-state index in [1.165, 1.54) is 18.7 Å². The first kappa shape index (κ1) is 13.4. The van der Waals surface area contributed by atoms with Crippen molar-refractivity contribution in [3.05, 3.63) is 0 Å². The van der Waals surface area contributed by atoms with Crippen LogP contribution in [-0.4, -0.2) is 22.4 Å². The van der Waals surface area contributed by atoms with Crippen LogP contribution in [0, 0.1) is 0 Å². The molecular formula is C10H16O3S. The van der Waals surface area contributed by atoms with Gasteiger partial charge in [0.15, 0.2) is 5.12 Å². The molecule has 0 saturated carbocycles. The van der Waals surface area contributed by atoms with Crippen LogP contribution < -0.4 is 0 Å². The Balaban J connectivity index is 3.32. The molecule has 0 spiro atoms. The number of hydrogen-bond donors (Lipinski definition) is 0. The molecule has 0 radical (unpaired) electrons. The van der Waals surface area contributed by atoms with Crippen molar-refractivity contribution in [1.82, 2.24) is 0 Å². The zero-order valence-corrected chi connectivity index (χ0v) is 9.49. The molecule has 3 nitrogen and oxygen atoms in total. The van der Waals surface area contributed by atoms with Gasteiger partial charge in [-0.2, -0.15) is 0 Å². The van der Waals surface area contributed by atoms with Crippen LogP contribution in [0.3, 0.4) is 0 Å². The van der Waals surface area contributed by atoms with Crippen molar-refractivity contribution in [2.24, 2.45) is 0 Å². The van der Waals surface area contributed by atoms with Gasteiger partial charge in [0, 0.05) is 12.2 Å². The third-order valence-corrected chi connectivity index (χ3v) is 2.54. The van der Waals surface area contributed by atoms with Crippen LogP contribution in [-0.2, 0) is 14.4 Å². The van der Waals surface area contributed by atoms with E-state index in [1.54, 1.807) is 6.92 Å². The molecule has 0 bridgehead atoms. The SMILES string of the molecule is CC(=O)CCCCSC(=O)CC(C)=O. The normalized spacial score (nSPS) is 9.86. The molecule has 0 aromatic carbocycles. The Kier molecular flexibility index (Phi) is 7.38. The van der Waals surface area contributed by atoms with Gasteiger partial charge in [-0.15, -0.1) is 0 Å². The highest BCUT2D eigenvalue weighted by molar-refractivity contribution is 8.13. The Bertz CT molecular complexity index is 223. The van der Waals surface area contributed by atoms with E-state index in [2.05, 4.69) is 0 Å². The van der Waals surface area contributed by atoms with Gasteiger partial charge in [-0.05, 0) is 26.7 Å². The van der Waals surface area contributed by atoms with Crippen LogP contribution in [0.25, 0.3) is 0 Å². The number of Topliss-reactive ketones (excluding diaryl/α,β-unsaturated/α-hetero) is 2. The number of rotatable bonds is 7. The second-order valence-corrected chi connectivity index (χ2v) is 4.41. The van der Waals surface area contributed by atoms with Crippen LogP contribution in [0.15, 0.2) is 0 Å². The molecule has 0 aliphatic heterocycles. The van der Waals surface area contributed by atoms with Gasteiger partial charge in [-0.1, -0.05) is 11.8 Å². The maximum Gasteiger partial charge on any atom is 0.196 e. The monoisotopic (exact) mass is 216 g/mol. The average Bonchev–Trinajstić information content (AvgIpc) is 2.01. The fourth-order valence-corrected chi connectivity index (χ4v) is 1.80. The largest absolute Gasteiger partial charge is 0.300 e. The summed E-state index contributed by atoms with van der Waals surface area (Å²) in [5.41, 5.74) is 0. The van der Waals surface area contributed by atoms with Crippen LogP contribution in [0.2, 0.25) is 0 Å². The van der Waals surface area contributed by atoms with Gasteiger partial charge < -0.3 is 4.79 Å². The minimum Gasteiger partial charge on any atom is -0.300 e. The summed E-state index contributed by atoms with van der Waals surface area (Å²) in [5, 5.41) is -0.0691. The molecule has 0 rings (SSSR count). The highest BCUT2D eigenvalue weighted by Gasteiger charge is 2.05. The number of ketones is 2. The van der Waals surface area contributed by atoms with Gasteiger partial charge >= 0.3 is 0 Å². The minimum absolute atomic E-state index is 0.0252. The second-order valence-electron chi connectivity index (χ2n) is 3.26. The Hall–Kier alpha value is -0.640. The van der Waals surface area contributed by atoms with Gasteiger partial charge in [0.25, 0.3) is 0 Å². The van der Waals surface area contributed by atoms with Gasteiger partial charge in [0.1, 0.15) is 11.6 Å². The molecule has 0 saturated heterocycles. The third kappa shape index (κ3) is 9.45. The van der Waals surface area contributed by atoms with Crippen molar-refractivity contribution in [1.29, 1.82) is 0 Å². The van der Waals surface area contributed by atoms with E-state index in [-0.39, 0.29) is 23.1 Å². The topological polar surface area (TPSA) is 51.2 Å². The summed E-state index contributed by atoms with van der Waals surface area (Å²) in [5.74, 6) is 0.802. The van der Waals surface area contributed by atoms with Gasteiger partial charge in [-0.25, -0.2) is 0 Å². The van der Waals surface area contributed by atoms with Gasteiger partial charge in [-0.3, -0.25) is 9.59 Å². The van der Waals surface area contributed by atoms with E-state index in [1.807, 2.05) is 0 Å². The summed E-state index contributed by atoms with van der Waals surface area (Å²) in [6, 6.07) is 0. The standard InChI is InChI=1S/C10H16O3S/c1-8(11)5-3-4-6-14-10(13)7-9(2)12/h3-7H2,1-2H3. The zero-order valence-electron chi connectivity index (χ0n) is 8.67. The highest BCUT2D eigenvalue weighted by atomic mass is 32.2. The quantitative estimate of drug-likeness (QED) is 0.482. The van der Waals surface area contributed by atoms with Crippen molar-refractivity contribution in [3.8, 4) is 0 Å².